The molecule has 0 aliphatic heterocycles. The van der Waals surface area contributed by atoms with Gasteiger partial charge in [-0.25, -0.2) is 4.79 Å². The summed E-state index contributed by atoms with van der Waals surface area (Å²) in [4.78, 5) is 23.9. The molecule has 0 fully saturated rings. The van der Waals surface area contributed by atoms with E-state index in [-0.39, 0.29) is 30.2 Å². The number of amides is 1. The molecular formula is C15H16N2O5. The molecule has 22 heavy (non-hydrogen) atoms. The summed E-state index contributed by atoms with van der Waals surface area (Å²) in [6.07, 6.45) is 0. The molecule has 7 nitrogen and oxygen atoms in total. The molecule has 0 aliphatic carbocycles. The topological polar surface area (TPSA) is 112 Å². The molecule has 0 atom stereocenters. The normalized spacial score (nSPS) is 10.3. The lowest BCUT2D eigenvalue weighted by molar-refractivity contribution is 0.0941. The van der Waals surface area contributed by atoms with Crippen LogP contribution in [0.4, 0.5) is 5.69 Å². The van der Waals surface area contributed by atoms with Crippen LogP contribution in [0, 0.1) is 6.92 Å². The lowest BCUT2D eigenvalue weighted by atomic mass is 10.1. The molecule has 2 aromatic rings. The van der Waals surface area contributed by atoms with Crippen molar-refractivity contribution in [3.8, 4) is 11.3 Å². The molecule has 4 N–H and O–H groups in total. The van der Waals surface area contributed by atoms with Gasteiger partial charge in [-0.15, -0.1) is 0 Å². The van der Waals surface area contributed by atoms with Crippen molar-refractivity contribution in [2.75, 3.05) is 18.6 Å². The van der Waals surface area contributed by atoms with E-state index in [0.717, 1.165) is 5.56 Å². The Bertz CT molecular complexity index is 722. The summed E-state index contributed by atoms with van der Waals surface area (Å²) in [5.41, 5.74) is 2.21. The Morgan fingerprint density at radius 3 is 2.55 bits per heavy atom. The molecule has 0 saturated carbocycles. The predicted molar refractivity (Wildman–Crippen MR) is 80.0 cm³/mol. The van der Waals surface area contributed by atoms with E-state index in [4.69, 9.17) is 9.52 Å². The summed E-state index contributed by atoms with van der Waals surface area (Å²) in [6.45, 7) is 1.65. The van der Waals surface area contributed by atoms with Crippen LogP contribution in [-0.4, -0.2) is 29.4 Å². The molecule has 1 amide bonds. The number of aliphatic hydroxyl groups excluding tert-OH is 1. The van der Waals surface area contributed by atoms with E-state index in [9.17, 15) is 14.8 Å². The Labute approximate surface area is 126 Å². The van der Waals surface area contributed by atoms with Crippen LogP contribution in [0.5, 0.6) is 0 Å². The van der Waals surface area contributed by atoms with Gasteiger partial charge in [0.2, 0.25) is 0 Å². The molecule has 0 spiro atoms. The average Bonchev–Trinajstić information content (AvgIpc) is 2.52. The maximum absolute atomic E-state index is 12.0. The molecular weight excluding hydrogens is 288 g/mol. The molecule has 2 rings (SSSR count). The second-order valence-corrected chi connectivity index (χ2v) is 4.64. The SMILES string of the molecule is Cc1ccc(-c2cc(NO)c(C(=O)NCCO)c(=O)o2)cc1. The predicted octanol–water partition coefficient (Wildman–Crippen LogP) is 1.14. The van der Waals surface area contributed by atoms with Crippen LogP contribution in [0.25, 0.3) is 11.3 Å². The summed E-state index contributed by atoms with van der Waals surface area (Å²) in [5, 5.41) is 20.2. The summed E-state index contributed by atoms with van der Waals surface area (Å²) in [5.74, 6) is -0.518. The number of aliphatic hydroxyl groups is 1. The standard InChI is InChI=1S/C15H16N2O5/c1-9-2-4-10(5-3-9)12-8-11(17-21)13(15(20)22-12)14(19)16-6-7-18/h2-5,8,17-18,21H,6-7H2,1H3,(H,16,19). The van der Waals surface area contributed by atoms with Gasteiger partial charge in [0.05, 0.1) is 12.3 Å². The fourth-order valence-corrected chi connectivity index (χ4v) is 1.91. The minimum atomic E-state index is -0.884. The number of anilines is 1. The Kier molecular flexibility index (Phi) is 4.92. The van der Waals surface area contributed by atoms with Crippen LogP contribution < -0.4 is 16.4 Å². The van der Waals surface area contributed by atoms with Gasteiger partial charge in [0.1, 0.15) is 5.76 Å². The second-order valence-electron chi connectivity index (χ2n) is 4.64. The molecule has 0 aliphatic rings. The van der Waals surface area contributed by atoms with Crippen molar-refractivity contribution < 1.29 is 19.5 Å². The van der Waals surface area contributed by atoms with Gasteiger partial charge in [0.25, 0.3) is 5.91 Å². The van der Waals surface area contributed by atoms with Crippen molar-refractivity contribution in [3.63, 3.8) is 0 Å². The lowest BCUT2D eigenvalue weighted by Crippen LogP contribution is -2.31. The van der Waals surface area contributed by atoms with E-state index >= 15 is 0 Å². The number of aryl methyl sites for hydroxylation is 1. The molecule has 0 radical (unpaired) electrons. The van der Waals surface area contributed by atoms with Gasteiger partial charge in [0.15, 0.2) is 5.56 Å². The fourth-order valence-electron chi connectivity index (χ4n) is 1.91. The van der Waals surface area contributed by atoms with Crippen molar-refractivity contribution in [3.05, 3.63) is 51.9 Å². The maximum Gasteiger partial charge on any atom is 0.351 e. The quantitative estimate of drug-likeness (QED) is 0.616. The second kappa shape index (κ2) is 6.88. The Balaban J connectivity index is 2.45. The first-order chi connectivity index (χ1) is 10.6. The Hall–Kier alpha value is -2.64. The van der Waals surface area contributed by atoms with Gasteiger partial charge in [-0.2, -0.15) is 0 Å². The van der Waals surface area contributed by atoms with Gasteiger partial charge in [-0.1, -0.05) is 29.8 Å². The molecule has 0 bridgehead atoms. The lowest BCUT2D eigenvalue weighted by Gasteiger charge is -2.09. The third kappa shape index (κ3) is 3.33. The highest BCUT2D eigenvalue weighted by Crippen LogP contribution is 2.23. The highest BCUT2D eigenvalue weighted by Gasteiger charge is 2.19. The van der Waals surface area contributed by atoms with Crippen LogP contribution in [0.15, 0.2) is 39.5 Å². The van der Waals surface area contributed by atoms with E-state index in [0.29, 0.717) is 5.56 Å². The molecule has 1 aromatic heterocycles. The summed E-state index contributed by atoms with van der Waals surface area (Å²) < 4.78 is 5.15. The number of rotatable bonds is 5. The minimum absolute atomic E-state index is 0.0111. The van der Waals surface area contributed by atoms with Crippen LogP contribution in [-0.2, 0) is 0 Å². The summed E-state index contributed by atoms with van der Waals surface area (Å²) in [7, 11) is 0. The smallest absolute Gasteiger partial charge is 0.351 e. The van der Waals surface area contributed by atoms with Crippen molar-refractivity contribution in [2.45, 2.75) is 6.92 Å². The van der Waals surface area contributed by atoms with Crippen LogP contribution in [0.2, 0.25) is 0 Å². The minimum Gasteiger partial charge on any atom is -0.422 e. The van der Waals surface area contributed by atoms with Gasteiger partial charge >= 0.3 is 5.63 Å². The van der Waals surface area contributed by atoms with Crippen LogP contribution >= 0.6 is 0 Å². The monoisotopic (exact) mass is 304 g/mol. The Morgan fingerprint density at radius 2 is 1.95 bits per heavy atom. The van der Waals surface area contributed by atoms with Crippen LogP contribution in [0.1, 0.15) is 15.9 Å². The summed E-state index contributed by atoms with van der Waals surface area (Å²) >= 11 is 0. The number of hydrogen-bond donors (Lipinski definition) is 4. The largest absolute Gasteiger partial charge is 0.422 e. The van der Waals surface area contributed by atoms with E-state index in [1.54, 1.807) is 12.1 Å². The first kappa shape index (κ1) is 15.7. The van der Waals surface area contributed by atoms with E-state index in [1.165, 1.54) is 6.07 Å². The Morgan fingerprint density at radius 1 is 1.27 bits per heavy atom. The third-order valence-corrected chi connectivity index (χ3v) is 3.03. The number of nitrogens with one attached hydrogen (secondary N) is 2. The zero-order valence-electron chi connectivity index (χ0n) is 11.9. The average molecular weight is 304 g/mol. The highest BCUT2D eigenvalue weighted by molar-refractivity contribution is 5.99. The van der Waals surface area contributed by atoms with Gasteiger partial charge < -0.3 is 14.8 Å². The molecule has 0 unspecified atom stereocenters. The summed E-state index contributed by atoms with van der Waals surface area (Å²) in [6, 6.07) is 8.59. The van der Waals surface area contributed by atoms with Crippen molar-refractivity contribution >= 4 is 11.6 Å². The van der Waals surface area contributed by atoms with E-state index < -0.39 is 11.5 Å². The fraction of sp³-hybridized carbons (Fsp3) is 0.200. The maximum atomic E-state index is 12.0. The molecule has 116 valence electrons. The molecule has 0 saturated heterocycles. The molecule has 1 aromatic carbocycles. The number of carbonyl (C=O) groups is 1. The molecule has 7 heteroatoms. The van der Waals surface area contributed by atoms with Gasteiger partial charge in [-0.05, 0) is 6.92 Å². The van der Waals surface area contributed by atoms with Gasteiger partial charge in [-0.3, -0.25) is 15.5 Å². The molecule has 1 heterocycles. The zero-order chi connectivity index (χ0) is 16.1. The van der Waals surface area contributed by atoms with Crippen molar-refractivity contribution in [1.82, 2.24) is 5.32 Å². The third-order valence-electron chi connectivity index (χ3n) is 3.03. The van der Waals surface area contributed by atoms with Gasteiger partial charge in [0, 0.05) is 18.2 Å². The first-order valence-electron chi connectivity index (χ1n) is 6.61. The van der Waals surface area contributed by atoms with Crippen LogP contribution in [0.3, 0.4) is 0 Å². The van der Waals surface area contributed by atoms with E-state index in [1.807, 2.05) is 24.5 Å². The zero-order valence-corrected chi connectivity index (χ0v) is 11.9. The first-order valence-corrected chi connectivity index (χ1v) is 6.61. The number of carbonyl (C=O) groups excluding carboxylic acids is 1. The highest BCUT2D eigenvalue weighted by atomic mass is 16.5. The van der Waals surface area contributed by atoms with Crippen molar-refractivity contribution in [2.24, 2.45) is 0 Å². The number of hydrogen-bond acceptors (Lipinski definition) is 6. The number of benzene rings is 1. The van der Waals surface area contributed by atoms with E-state index in [2.05, 4.69) is 5.32 Å². The van der Waals surface area contributed by atoms with Crippen molar-refractivity contribution in [1.29, 1.82) is 0 Å².